The van der Waals surface area contributed by atoms with Gasteiger partial charge >= 0.3 is 0 Å². The monoisotopic (exact) mass is 412 g/mol. The molecule has 1 amide bonds. The quantitative estimate of drug-likeness (QED) is 0.798. The van der Waals surface area contributed by atoms with E-state index in [-0.39, 0.29) is 5.91 Å². The largest absolute Gasteiger partial charge is 0.367 e. The van der Waals surface area contributed by atoms with E-state index in [4.69, 9.17) is 11.6 Å². The number of carbonyl (C=O) groups excluding carboxylic acids is 1. The first-order chi connectivity index (χ1) is 14.1. The Balaban J connectivity index is 1.34. The number of piperidine rings is 1. The maximum Gasteiger partial charge on any atom is 0.255 e. The summed E-state index contributed by atoms with van der Waals surface area (Å²) in [7, 11) is 0. The number of pyridine rings is 1. The molecule has 2 aliphatic heterocycles. The predicted molar refractivity (Wildman–Crippen MR) is 118 cm³/mol. The number of hydrogen-bond donors (Lipinski definition) is 1. The van der Waals surface area contributed by atoms with Gasteiger partial charge in [-0.15, -0.1) is 0 Å². The standard InChI is InChI=1S/C23H29ClN4O/c1-17(28-12-9-18-7-3-4-8-19(18)16-28)14-25-22-21(24)13-20(15-26-22)23(29)27-10-5-2-6-11-27/h3-4,7-8,13,15,17H,2,5-6,9-12,14,16H2,1H3,(H,25,26). The van der Waals surface area contributed by atoms with Crippen LogP contribution in [0.25, 0.3) is 0 Å². The first-order valence-corrected chi connectivity index (χ1v) is 11.0. The molecule has 1 N–H and O–H groups in total. The normalized spacial score (nSPS) is 18.2. The van der Waals surface area contributed by atoms with Gasteiger partial charge in [0.2, 0.25) is 0 Å². The fourth-order valence-electron chi connectivity index (χ4n) is 4.23. The number of nitrogens with zero attached hydrogens (tertiary/aromatic N) is 3. The Morgan fingerprint density at radius 3 is 2.69 bits per heavy atom. The molecule has 4 rings (SSSR count). The van der Waals surface area contributed by atoms with Crippen LogP contribution in [0.2, 0.25) is 5.02 Å². The van der Waals surface area contributed by atoms with Gasteiger partial charge in [0.05, 0.1) is 10.6 Å². The highest BCUT2D eigenvalue weighted by molar-refractivity contribution is 6.33. The minimum absolute atomic E-state index is 0.0333. The molecular weight excluding hydrogens is 384 g/mol. The van der Waals surface area contributed by atoms with Crippen LogP contribution < -0.4 is 5.32 Å². The summed E-state index contributed by atoms with van der Waals surface area (Å²) >= 11 is 6.44. The number of amides is 1. The third kappa shape index (κ3) is 4.73. The lowest BCUT2D eigenvalue weighted by Gasteiger charge is -2.34. The van der Waals surface area contributed by atoms with Crippen molar-refractivity contribution in [2.24, 2.45) is 0 Å². The van der Waals surface area contributed by atoms with E-state index in [1.54, 1.807) is 12.3 Å². The summed E-state index contributed by atoms with van der Waals surface area (Å²) in [5, 5.41) is 3.87. The molecule has 2 aromatic rings. The second kappa shape index (κ2) is 9.14. The minimum Gasteiger partial charge on any atom is -0.367 e. The zero-order valence-corrected chi connectivity index (χ0v) is 17.8. The van der Waals surface area contributed by atoms with Gasteiger partial charge in [0.1, 0.15) is 5.82 Å². The van der Waals surface area contributed by atoms with Crippen LogP contribution >= 0.6 is 11.6 Å². The maximum atomic E-state index is 12.6. The third-order valence-electron chi connectivity index (χ3n) is 6.08. The molecule has 1 aromatic heterocycles. The second-order valence-electron chi connectivity index (χ2n) is 8.13. The summed E-state index contributed by atoms with van der Waals surface area (Å²) in [5.41, 5.74) is 3.45. The summed E-state index contributed by atoms with van der Waals surface area (Å²) < 4.78 is 0. The lowest BCUT2D eigenvalue weighted by atomic mass is 9.99. The molecule has 6 heteroatoms. The van der Waals surface area contributed by atoms with Gasteiger partial charge in [-0.05, 0) is 49.8 Å². The molecule has 1 unspecified atom stereocenters. The van der Waals surface area contributed by atoms with Crippen molar-refractivity contribution in [3.8, 4) is 0 Å². The minimum atomic E-state index is 0.0333. The number of benzene rings is 1. The molecule has 5 nitrogen and oxygen atoms in total. The van der Waals surface area contributed by atoms with Crippen molar-refractivity contribution in [1.82, 2.24) is 14.8 Å². The Morgan fingerprint density at radius 1 is 1.17 bits per heavy atom. The second-order valence-corrected chi connectivity index (χ2v) is 8.53. The van der Waals surface area contributed by atoms with Crippen molar-refractivity contribution in [3.05, 3.63) is 58.2 Å². The number of likely N-dealkylation sites (tertiary alicyclic amines) is 1. The molecule has 1 saturated heterocycles. The van der Waals surface area contributed by atoms with Crippen molar-refractivity contribution >= 4 is 23.3 Å². The molecule has 1 atom stereocenters. The smallest absolute Gasteiger partial charge is 0.255 e. The van der Waals surface area contributed by atoms with Gasteiger partial charge in [-0.2, -0.15) is 0 Å². The lowest BCUT2D eigenvalue weighted by molar-refractivity contribution is 0.0724. The van der Waals surface area contributed by atoms with Crippen LogP contribution in [-0.2, 0) is 13.0 Å². The van der Waals surface area contributed by atoms with Crippen molar-refractivity contribution in [2.45, 2.75) is 45.2 Å². The van der Waals surface area contributed by atoms with Gasteiger partial charge in [0.25, 0.3) is 5.91 Å². The van der Waals surface area contributed by atoms with Crippen LogP contribution in [0, 0.1) is 0 Å². The third-order valence-corrected chi connectivity index (χ3v) is 6.37. The Bertz CT molecular complexity index is 866. The Labute approximate surface area is 178 Å². The summed E-state index contributed by atoms with van der Waals surface area (Å²) in [6.07, 6.45) is 6.09. The molecule has 154 valence electrons. The van der Waals surface area contributed by atoms with Crippen LogP contribution in [0.5, 0.6) is 0 Å². The Kier molecular flexibility index (Phi) is 6.36. The molecule has 0 bridgehead atoms. The number of fused-ring (bicyclic) bond motifs is 1. The van der Waals surface area contributed by atoms with Crippen LogP contribution in [0.4, 0.5) is 5.82 Å². The molecule has 0 saturated carbocycles. The highest BCUT2D eigenvalue weighted by Gasteiger charge is 2.22. The van der Waals surface area contributed by atoms with Gasteiger partial charge in [-0.1, -0.05) is 35.9 Å². The number of carbonyl (C=O) groups is 1. The number of rotatable bonds is 5. The van der Waals surface area contributed by atoms with E-state index in [0.29, 0.717) is 22.4 Å². The van der Waals surface area contributed by atoms with E-state index in [2.05, 4.69) is 46.4 Å². The lowest BCUT2D eigenvalue weighted by Crippen LogP contribution is -2.41. The number of halogens is 1. The fraction of sp³-hybridized carbons (Fsp3) is 0.478. The van der Waals surface area contributed by atoms with Gasteiger partial charge in [-0.3, -0.25) is 9.69 Å². The zero-order chi connectivity index (χ0) is 20.2. The van der Waals surface area contributed by atoms with Gasteiger partial charge < -0.3 is 10.2 Å². The van der Waals surface area contributed by atoms with Crippen molar-refractivity contribution in [3.63, 3.8) is 0 Å². The van der Waals surface area contributed by atoms with Gasteiger partial charge in [-0.25, -0.2) is 4.98 Å². The molecule has 3 heterocycles. The molecule has 1 fully saturated rings. The zero-order valence-electron chi connectivity index (χ0n) is 17.0. The van der Waals surface area contributed by atoms with E-state index in [0.717, 1.165) is 52.0 Å². The maximum absolute atomic E-state index is 12.6. The SMILES string of the molecule is CC(CNc1ncc(C(=O)N2CCCCC2)cc1Cl)N1CCc2ccccc2C1. The topological polar surface area (TPSA) is 48.5 Å². The molecule has 0 aliphatic carbocycles. The number of anilines is 1. The first kappa shape index (κ1) is 20.2. The molecular formula is C23H29ClN4O. The van der Waals surface area contributed by atoms with Crippen molar-refractivity contribution < 1.29 is 4.79 Å². The molecule has 0 radical (unpaired) electrons. The number of aromatic nitrogens is 1. The average molecular weight is 413 g/mol. The van der Waals surface area contributed by atoms with E-state index in [1.165, 1.54) is 17.5 Å². The van der Waals surface area contributed by atoms with Crippen molar-refractivity contribution in [2.75, 3.05) is 31.5 Å². The fourth-order valence-corrected chi connectivity index (χ4v) is 4.46. The predicted octanol–water partition coefficient (Wildman–Crippen LogP) is 4.22. The van der Waals surface area contributed by atoms with Crippen LogP contribution in [0.1, 0.15) is 47.7 Å². The van der Waals surface area contributed by atoms with E-state index < -0.39 is 0 Å². The summed E-state index contributed by atoms with van der Waals surface area (Å²) in [4.78, 5) is 21.5. The summed E-state index contributed by atoms with van der Waals surface area (Å²) in [6, 6.07) is 10.8. The molecule has 1 aromatic carbocycles. The molecule has 29 heavy (non-hydrogen) atoms. The summed E-state index contributed by atoms with van der Waals surface area (Å²) in [6.45, 7) is 6.67. The van der Waals surface area contributed by atoms with Crippen LogP contribution in [-0.4, -0.2) is 52.9 Å². The Morgan fingerprint density at radius 2 is 1.93 bits per heavy atom. The summed E-state index contributed by atoms with van der Waals surface area (Å²) in [5.74, 6) is 0.678. The highest BCUT2D eigenvalue weighted by Crippen LogP contribution is 2.24. The van der Waals surface area contributed by atoms with Crippen LogP contribution in [0.3, 0.4) is 0 Å². The van der Waals surface area contributed by atoms with Crippen LogP contribution in [0.15, 0.2) is 36.5 Å². The first-order valence-electron chi connectivity index (χ1n) is 10.6. The number of hydrogen-bond acceptors (Lipinski definition) is 4. The average Bonchev–Trinajstić information content (AvgIpc) is 2.77. The highest BCUT2D eigenvalue weighted by atomic mass is 35.5. The van der Waals surface area contributed by atoms with E-state index in [9.17, 15) is 4.79 Å². The van der Waals surface area contributed by atoms with Crippen molar-refractivity contribution in [1.29, 1.82) is 0 Å². The van der Waals surface area contributed by atoms with Gasteiger partial charge in [0.15, 0.2) is 0 Å². The number of nitrogens with one attached hydrogen (secondary N) is 1. The molecule has 0 spiro atoms. The Hall–Kier alpha value is -2.11. The van der Waals surface area contributed by atoms with E-state index >= 15 is 0 Å². The molecule has 2 aliphatic rings. The van der Waals surface area contributed by atoms with E-state index in [1.807, 2.05) is 4.90 Å². The van der Waals surface area contributed by atoms with Gasteiger partial charge in [0, 0.05) is 45.0 Å².